The fourth-order valence-electron chi connectivity index (χ4n) is 1.98. The Balaban J connectivity index is 1.71. The minimum Gasteiger partial charge on any atom is -0.379 e. The van der Waals surface area contributed by atoms with Crippen LogP contribution in [0.1, 0.15) is 23.2 Å². The maximum absolute atomic E-state index is 13.3. The van der Waals surface area contributed by atoms with Gasteiger partial charge in [-0.15, -0.1) is 0 Å². The topological polar surface area (TPSA) is 67.4 Å². The summed E-state index contributed by atoms with van der Waals surface area (Å²) in [5.74, 6) is -1.23. The highest BCUT2D eigenvalue weighted by Gasteiger charge is 2.17. The van der Waals surface area contributed by atoms with Crippen molar-refractivity contribution in [3.63, 3.8) is 0 Å². The third kappa shape index (κ3) is 4.03. The van der Waals surface area contributed by atoms with Gasteiger partial charge in [0.05, 0.1) is 18.2 Å². The molecule has 5 nitrogen and oxygen atoms in total. The van der Waals surface area contributed by atoms with Gasteiger partial charge in [0, 0.05) is 19.6 Å². The van der Waals surface area contributed by atoms with Crippen LogP contribution in [0.3, 0.4) is 0 Å². The lowest BCUT2D eigenvalue weighted by atomic mass is 10.2. The molecule has 0 radical (unpaired) electrons. The van der Waals surface area contributed by atoms with Gasteiger partial charge in [-0.05, 0) is 18.6 Å². The molecule has 2 amide bonds. The van der Waals surface area contributed by atoms with Crippen LogP contribution in [0.5, 0.6) is 0 Å². The first-order chi connectivity index (χ1) is 9.66. The second-order valence-electron chi connectivity index (χ2n) is 4.61. The van der Waals surface area contributed by atoms with Gasteiger partial charge in [0.25, 0.3) is 5.91 Å². The number of carbonyl (C=O) groups is 2. The second kappa shape index (κ2) is 7.00. The molecule has 2 N–H and O–H groups in total. The van der Waals surface area contributed by atoms with Crippen LogP contribution in [-0.4, -0.2) is 37.6 Å². The lowest BCUT2D eigenvalue weighted by Crippen LogP contribution is -2.37. The van der Waals surface area contributed by atoms with E-state index in [1.54, 1.807) is 6.07 Å². The predicted octanol–water partition coefficient (Wildman–Crippen LogP) is 0.851. The number of hydrogen-bond acceptors (Lipinski definition) is 3. The van der Waals surface area contributed by atoms with E-state index in [9.17, 15) is 14.0 Å². The summed E-state index contributed by atoms with van der Waals surface area (Å²) in [4.78, 5) is 23.3. The van der Waals surface area contributed by atoms with E-state index < -0.39 is 11.7 Å². The maximum Gasteiger partial charge on any atom is 0.254 e. The van der Waals surface area contributed by atoms with Crippen LogP contribution >= 0.6 is 0 Å². The highest BCUT2D eigenvalue weighted by Crippen LogP contribution is 2.06. The average Bonchev–Trinajstić information content (AvgIpc) is 2.92. The minimum absolute atomic E-state index is 0.0166. The number of carbonyl (C=O) groups excluding carboxylic acids is 2. The number of benzene rings is 1. The van der Waals surface area contributed by atoms with Crippen molar-refractivity contribution in [3.8, 4) is 0 Å². The molecule has 1 saturated heterocycles. The molecule has 1 aliphatic rings. The van der Waals surface area contributed by atoms with Gasteiger partial charge >= 0.3 is 0 Å². The molecule has 1 heterocycles. The Morgan fingerprint density at radius 1 is 1.35 bits per heavy atom. The van der Waals surface area contributed by atoms with Gasteiger partial charge in [-0.3, -0.25) is 9.59 Å². The lowest BCUT2D eigenvalue weighted by molar-refractivity contribution is -0.121. The van der Waals surface area contributed by atoms with E-state index in [-0.39, 0.29) is 30.5 Å². The normalized spacial score (nSPS) is 17.8. The van der Waals surface area contributed by atoms with Crippen molar-refractivity contribution >= 4 is 11.8 Å². The SMILES string of the molecule is O=C(CCNC(=O)c1ccccc1F)N[C@@H]1CCOC1. The van der Waals surface area contributed by atoms with Crippen molar-refractivity contribution in [1.29, 1.82) is 0 Å². The first-order valence-electron chi connectivity index (χ1n) is 6.56. The molecule has 2 rings (SSSR count). The Morgan fingerprint density at radius 3 is 2.85 bits per heavy atom. The maximum atomic E-state index is 13.3. The summed E-state index contributed by atoms with van der Waals surface area (Å²) in [7, 11) is 0. The van der Waals surface area contributed by atoms with E-state index in [1.165, 1.54) is 18.2 Å². The number of nitrogens with one attached hydrogen (secondary N) is 2. The zero-order chi connectivity index (χ0) is 14.4. The Bertz CT molecular complexity index is 487. The van der Waals surface area contributed by atoms with Gasteiger partial charge in [-0.25, -0.2) is 4.39 Å². The standard InChI is InChI=1S/C14H17FN2O3/c15-12-4-2-1-3-11(12)14(19)16-7-5-13(18)17-10-6-8-20-9-10/h1-4,10H,5-9H2,(H,16,19)(H,17,18)/t10-/m1/s1. The third-order valence-corrected chi connectivity index (χ3v) is 3.05. The van der Waals surface area contributed by atoms with Crippen LogP contribution < -0.4 is 10.6 Å². The Hall–Kier alpha value is -1.95. The highest BCUT2D eigenvalue weighted by atomic mass is 19.1. The number of hydrogen-bond donors (Lipinski definition) is 2. The van der Waals surface area contributed by atoms with E-state index in [2.05, 4.69) is 10.6 Å². The average molecular weight is 280 g/mol. The molecular formula is C14H17FN2O3. The van der Waals surface area contributed by atoms with Crippen molar-refractivity contribution in [3.05, 3.63) is 35.6 Å². The van der Waals surface area contributed by atoms with Gasteiger partial charge in [-0.1, -0.05) is 12.1 Å². The monoisotopic (exact) mass is 280 g/mol. The molecule has 0 saturated carbocycles. The zero-order valence-electron chi connectivity index (χ0n) is 11.0. The first kappa shape index (κ1) is 14.5. The minimum atomic E-state index is -0.572. The molecular weight excluding hydrogens is 263 g/mol. The van der Waals surface area contributed by atoms with Crippen LogP contribution in [0.25, 0.3) is 0 Å². The number of amides is 2. The summed E-state index contributed by atoms with van der Waals surface area (Å²) in [6.45, 7) is 1.37. The fourth-order valence-corrected chi connectivity index (χ4v) is 1.98. The summed E-state index contributed by atoms with van der Waals surface area (Å²) >= 11 is 0. The van der Waals surface area contributed by atoms with Crippen LogP contribution in [0, 0.1) is 5.82 Å². The molecule has 1 aliphatic heterocycles. The van der Waals surface area contributed by atoms with Gasteiger partial charge < -0.3 is 15.4 Å². The first-order valence-corrected chi connectivity index (χ1v) is 6.56. The molecule has 0 unspecified atom stereocenters. The van der Waals surface area contributed by atoms with Gasteiger partial charge in [0.2, 0.25) is 5.91 Å². The predicted molar refractivity (Wildman–Crippen MR) is 70.7 cm³/mol. The summed E-state index contributed by atoms with van der Waals surface area (Å²) < 4.78 is 18.5. The molecule has 0 spiro atoms. The van der Waals surface area contributed by atoms with Crippen molar-refractivity contribution in [2.75, 3.05) is 19.8 Å². The van der Waals surface area contributed by atoms with Crippen molar-refractivity contribution < 1.29 is 18.7 Å². The van der Waals surface area contributed by atoms with E-state index in [4.69, 9.17) is 4.74 Å². The molecule has 1 atom stereocenters. The molecule has 20 heavy (non-hydrogen) atoms. The van der Waals surface area contributed by atoms with Crippen molar-refractivity contribution in [1.82, 2.24) is 10.6 Å². The Kier molecular flexibility index (Phi) is 5.06. The largest absolute Gasteiger partial charge is 0.379 e. The summed E-state index contributed by atoms with van der Waals surface area (Å²) in [6, 6.07) is 5.79. The highest BCUT2D eigenvalue weighted by molar-refractivity contribution is 5.94. The molecule has 1 aromatic carbocycles. The lowest BCUT2D eigenvalue weighted by Gasteiger charge is -2.11. The number of ether oxygens (including phenoxy) is 1. The van der Waals surface area contributed by atoms with E-state index in [0.29, 0.717) is 13.2 Å². The fraction of sp³-hybridized carbons (Fsp3) is 0.429. The van der Waals surface area contributed by atoms with Gasteiger partial charge in [0.1, 0.15) is 5.82 Å². The van der Waals surface area contributed by atoms with E-state index in [1.807, 2.05) is 0 Å². The molecule has 108 valence electrons. The summed E-state index contributed by atoms with van der Waals surface area (Å²) in [6.07, 6.45) is 0.976. The summed E-state index contributed by atoms with van der Waals surface area (Å²) in [5.41, 5.74) is -0.0166. The second-order valence-corrected chi connectivity index (χ2v) is 4.61. The molecule has 6 heteroatoms. The Labute approximate surface area is 116 Å². The number of rotatable bonds is 5. The van der Waals surface area contributed by atoms with Crippen molar-refractivity contribution in [2.24, 2.45) is 0 Å². The van der Waals surface area contributed by atoms with Crippen LogP contribution in [0.2, 0.25) is 0 Å². The van der Waals surface area contributed by atoms with Gasteiger partial charge in [0.15, 0.2) is 0 Å². The molecule has 1 fully saturated rings. The zero-order valence-corrected chi connectivity index (χ0v) is 11.0. The molecule has 0 aliphatic carbocycles. The Morgan fingerprint density at radius 2 is 2.15 bits per heavy atom. The quantitative estimate of drug-likeness (QED) is 0.840. The van der Waals surface area contributed by atoms with Crippen LogP contribution in [0.4, 0.5) is 4.39 Å². The molecule has 1 aromatic rings. The van der Waals surface area contributed by atoms with E-state index >= 15 is 0 Å². The third-order valence-electron chi connectivity index (χ3n) is 3.05. The smallest absolute Gasteiger partial charge is 0.254 e. The molecule has 0 aromatic heterocycles. The van der Waals surface area contributed by atoms with Crippen LogP contribution in [-0.2, 0) is 9.53 Å². The molecule has 0 bridgehead atoms. The van der Waals surface area contributed by atoms with E-state index in [0.717, 1.165) is 6.42 Å². The summed E-state index contributed by atoms with van der Waals surface area (Å²) in [5, 5.41) is 5.34. The van der Waals surface area contributed by atoms with Crippen LogP contribution in [0.15, 0.2) is 24.3 Å². The van der Waals surface area contributed by atoms with Gasteiger partial charge in [-0.2, -0.15) is 0 Å². The number of halogens is 1. The van der Waals surface area contributed by atoms with Crippen molar-refractivity contribution in [2.45, 2.75) is 18.9 Å².